The van der Waals surface area contributed by atoms with Gasteiger partial charge in [-0.25, -0.2) is 9.97 Å². The maximum atomic E-state index is 4.25. The van der Waals surface area contributed by atoms with Gasteiger partial charge in [0, 0.05) is 18.4 Å². The van der Waals surface area contributed by atoms with Gasteiger partial charge >= 0.3 is 0 Å². The number of aryl methyl sites for hydroxylation is 1. The lowest BCUT2D eigenvalue weighted by atomic mass is 9.88. The molecule has 1 heterocycles. The molecule has 0 fully saturated rings. The summed E-state index contributed by atoms with van der Waals surface area (Å²) in [6.07, 6.45) is 7.24. The van der Waals surface area contributed by atoms with Gasteiger partial charge in [-0.1, -0.05) is 24.3 Å². The number of nitrogens with zero attached hydrogens (tertiary/aromatic N) is 2. The van der Waals surface area contributed by atoms with Gasteiger partial charge < -0.3 is 5.32 Å². The fourth-order valence-electron chi connectivity index (χ4n) is 2.60. The van der Waals surface area contributed by atoms with E-state index in [9.17, 15) is 0 Å². The molecule has 0 radical (unpaired) electrons. The molecule has 0 saturated heterocycles. The Hall–Kier alpha value is -1.74. The molecule has 1 atom stereocenters. The number of hydrogen-bond acceptors (Lipinski definition) is 3. The molecule has 1 N–H and O–H groups in total. The van der Waals surface area contributed by atoms with E-state index in [2.05, 4.69) is 39.6 Å². The zero-order chi connectivity index (χ0) is 12.2. The Kier molecular flexibility index (Phi) is 3.33. The highest BCUT2D eigenvalue weighted by Gasteiger charge is 2.19. The molecule has 1 unspecified atom stereocenters. The molecule has 1 aliphatic rings. The maximum absolute atomic E-state index is 4.25. The Morgan fingerprint density at radius 2 is 1.94 bits per heavy atom. The zero-order valence-electron chi connectivity index (χ0n) is 10.3. The Balaban J connectivity index is 1.71. The van der Waals surface area contributed by atoms with Crippen LogP contribution in [-0.4, -0.2) is 9.97 Å². The molecule has 0 saturated carbocycles. The number of aromatic nitrogens is 2. The highest BCUT2D eigenvalue weighted by Crippen LogP contribution is 2.29. The average molecular weight is 239 g/mol. The largest absolute Gasteiger partial charge is 0.303 e. The molecule has 0 spiro atoms. The van der Waals surface area contributed by atoms with Crippen molar-refractivity contribution in [2.45, 2.75) is 31.8 Å². The third-order valence-corrected chi connectivity index (χ3v) is 3.50. The molecule has 0 aliphatic heterocycles. The van der Waals surface area contributed by atoms with Gasteiger partial charge in [0.15, 0.2) is 0 Å². The normalized spacial score (nSPS) is 18.3. The fraction of sp³-hybridized carbons (Fsp3) is 0.333. The monoisotopic (exact) mass is 239 g/mol. The summed E-state index contributed by atoms with van der Waals surface area (Å²) >= 11 is 0. The van der Waals surface area contributed by atoms with Crippen molar-refractivity contribution in [1.29, 1.82) is 0 Å². The van der Waals surface area contributed by atoms with Crippen LogP contribution in [0, 0.1) is 0 Å². The van der Waals surface area contributed by atoms with Crippen molar-refractivity contribution in [3.05, 3.63) is 59.7 Å². The van der Waals surface area contributed by atoms with Crippen molar-refractivity contribution in [2.75, 3.05) is 0 Å². The van der Waals surface area contributed by atoms with E-state index in [4.69, 9.17) is 0 Å². The van der Waals surface area contributed by atoms with Crippen molar-refractivity contribution in [2.24, 2.45) is 0 Å². The van der Waals surface area contributed by atoms with Crippen LogP contribution in [0.5, 0.6) is 0 Å². The van der Waals surface area contributed by atoms with Crippen LogP contribution >= 0.6 is 0 Å². The molecule has 3 heteroatoms. The lowest BCUT2D eigenvalue weighted by Gasteiger charge is -2.26. The van der Waals surface area contributed by atoms with Gasteiger partial charge in [-0.2, -0.15) is 0 Å². The highest BCUT2D eigenvalue weighted by molar-refractivity contribution is 5.32. The lowest BCUT2D eigenvalue weighted by molar-refractivity contribution is 0.453. The number of nitrogens with one attached hydrogen (secondary N) is 1. The standard InChI is InChI=1S/C15H17N3/c1-2-7-13-12(5-1)6-3-8-14(13)18-11-15-16-9-4-10-17-15/h1-2,4-5,7,9-10,14,18H,3,6,8,11H2. The summed E-state index contributed by atoms with van der Waals surface area (Å²) in [7, 11) is 0. The van der Waals surface area contributed by atoms with Gasteiger partial charge in [0.05, 0.1) is 6.54 Å². The highest BCUT2D eigenvalue weighted by atomic mass is 15.0. The zero-order valence-corrected chi connectivity index (χ0v) is 10.3. The fourth-order valence-corrected chi connectivity index (χ4v) is 2.60. The summed E-state index contributed by atoms with van der Waals surface area (Å²) in [6.45, 7) is 0.736. The van der Waals surface area contributed by atoms with E-state index in [-0.39, 0.29) is 0 Å². The minimum absolute atomic E-state index is 0.443. The first kappa shape index (κ1) is 11.4. The van der Waals surface area contributed by atoms with Gasteiger partial charge in [-0.15, -0.1) is 0 Å². The molecule has 3 rings (SSSR count). The summed E-state index contributed by atoms with van der Waals surface area (Å²) in [4.78, 5) is 8.49. The first-order valence-electron chi connectivity index (χ1n) is 6.50. The molecule has 2 aromatic rings. The Morgan fingerprint density at radius 3 is 2.83 bits per heavy atom. The van der Waals surface area contributed by atoms with Crippen molar-refractivity contribution in [3.63, 3.8) is 0 Å². The molecule has 1 aliphatic carbocycles. The van der Waals surface area contributed by atoms with Crippen molar-refractivity contribution >= 4 is 0 Å². The second-order valence-electron chi connectivity index (χ2n) is 4.69. The minimum Gasteiger partial charge on any atom is -0.303 e. The molecular weight excluding hydrogens is 222 g/mol. The Morgan fingerprint density at radius 1 is 1.11 bits per heavy atom. The van der Waals surface area contributed by atoms with E-state index in [1.54, 1.807) is 12.4 Å². The number of fused-ring (bicyclic) bond motifs is 1. The third kappa shape index (κ3) is 2.41. The third-order valence-electron chi connectivity index (χ3n) is 3.50. The summed E-state index contributed by atoms with van der Waals surface area (Å²) in [5.41, 5.74) is 2.93. The molecule has 0 amide bonds. The Labute approximate surface area is 107 Å². The van der Waals surface area contributed by atoms with Crippen LogP contribution in [0.15, 0.2) is 42.7 Å². The second-order valence-corrected chi connectivity index (χ2v) is 4.69. The molecule has 1 aromatic carbocycles. The van der Waals surface area contributed by atoms with E-state index in [0.717, 1.165) is 12.4 Å². The maximum Gasteiger partial charge on any atom is 0.141 e. The van der Waals surface area contributed by atoms with Crippen LogP contribution in [0.2, 0.25) is 0 Å². The molecule has 3 nitrogen and oxygen atoms in total. The topological polar surface area (TPSA) is 37.8 Å². The smallest absolute Gasteiger partial charge is 0.141 e. The van der Waals surface area contributed by atoms with Crippen LogP contribution < -0.4 is 5.32 Å². The quantitative estimate of drug-likeness (QED) is 0.894. The van der Waals surface area contributed by atoms with E-state index < -0.39 is 0 Å². The minimum atomic E-state index is 0.443. The molecule has 18 heavy (non-hydrogen) atoms. The lowest BCUT2D eigenvalue weighted by Crippen LogP contribution is -2.25. The van der Waals surface area contributed by atoms with Gasteiger partial charge in [0.1, 0.15) is 5.82 Å². The number of rotatable bonds is 3. The van der Waals surface area contributed by atoms with Gasteiger partial charge in [-0.3, -0.25) is 0 Å². The van der Waals surface area contributed by atoms with E-state index >= 15 is 0 Å². The van der Waals surface area contributed by atoms with Crippen molar-refractivity contribution in [1.82, 2.24) is 15.3 Å². The van der Waals surface area contributed by atoms with Gasteiger partial charge in [0.2, 0.25) is 0 Å². The van der Waals surface area contributed by atoms with Crippen LogP contribution in [0.25, 0.3) is 0 Å². The second kappa shape index (κ2) is 5.27. The molecule has 0 bridgehead atoms. The first-order valence-corrected chi connectivity index (χ1v) is 6.50. The van der Waals surface area contributed by atoms with Crippen LogP contribution in [0.4, 0.5) is 0 Å². The summed E-state index contributed by atoms with van der Waals surface area (Å²) in [5.74, 6) is 0.862. The molecule has 1 aromatic heterocycles. The number of hydrogen-bond donors (Lipinski definition) is 1. The predicted molar refractivity (Wildman–Crippen MR) is 71.0 cm³/mol. The van der Waals surface area contributed by atoms with Crippen molar-refractivity contribution in [3.8, 4) is 0 Å². The van der Waals surface area contributed by atoms with Gasteiger partial charge in [0.25, 0.3) is 0 Å². The van der Waals surface area contributed by atoms with Crippen LogP contribution in [-0.2, 0) is 13.0 Å². The van der Waals surface area contributed by atoms with E-state index in [1.807, 2.05) is 6.07 Å². The summed E-state index contributed by atoms with van der Waals surface area (Å²) in [5, 5.41) is 3.57. The van der Waals surface area contributed by atoms with Crippen LogP contribution in [0.3, 0.4) is 0 Å². The molecular formula is C15H17N3. The number of benzene rings is 1. The summed E-state index contributed by atoms with van der Waals surface area (Å²) < 4.78 is 0. The molecule has 92 valence electrons. The average Bonchev–Trinajstić information content (AvgIpc) is 2.46. The predicted octanol–water partition coefficient (Wildman–Crippen LogP) is 2.64. The summed E-state index contributed by atoms with van der Waals surface area (Å²) in [6, 6.07) is 11.0. The van der Waals surface area contributed by atoms with Gasteiger partial charge in [-0.05, 0) is 36.5 Å². The van der Waals surface area contributed by atoms with E-state index in [0.29, 0.717) is 6.04 Å². The first-order chi connectivity index (χ1) is 8.93. The SMILES string of the molecule is c1cnc(CNC2CCCc3ccccc32)nc1. The van der Waals surface area contributed by atoms with Crippen molar-refractivity contribution < 1.29 is 0 Å². The Bertz CT molecular complexity index is 510. The van der Waals surface area contributed by atoms with E-state index in [1.165, 1.54) is 30.4 Å². The van der Waals surface area contributed by atoms with Crippen LogP contribution in [0.1, 0.15) is 35.8 Å².